The van der Waals surface area contributed by atoms with Gasteiger partial charge in [-0.15, -0.1) is 5.10 Å². The van der Waals surface area contributed by atoms with E-state index >= 15 is 0 Å². The summed E-state index contributed by atoms with van der Waals surface area (Å²) in [5.74, 6) is 1.87. The maximum Gasteiger partial charge on any atom is 0.242 e. The first-order chi connectivity index (χ1) is 12.9. The molecule has 8 nitrogen and oxygen atoms in total. The average Bonchev–Trinajstić information content (AvgIpc) is 3.35. The first-order valence-corrected chi connectivity index (χ1v) is 9.41. The third-order valence-corrected chi connectivity index (χ3v) is 5.71. The number of aromatic nitrogens is 5. The van der Waals surface area contributed by atoms with E-state index in [0.29, 0.717) is 24.0 Å². The van der Waals surface area contributed by atoms with Crippen LogP contribution < -0.4 is 10.5 Å². The van der Waals surface area contributed by atoms with Crippen molar-refractivity contribution in [3.8, 4) is 5.88 Å². The van der Waals surface area contributed by atoms with Gasteiger partial charge < -0.3 is 15.0 Å². The summed E-state index contributed by atoms with van der Waals surface area (Å²) in [5.41, 5.74) is 10.1. The lowest BCUT2D eigenvalue weighted by atomic mass is 9.98. The minimum Gasteiger partial charge on any atom is -0.479 e. The number of hydrogen-bond donors (Lipinski definition) is 1. The second-order valence-corrected chi connectivity index (χ2v) is 7.51. The van der Waals surface area contributed by atoms with Crippen molar-refractivity contribution in [3.05, 3.63) is 28.5 Å². The van der Waals surface area contributed by atoms with E-state index in [2.05, 4.69) is 22.2 Å². The molecule has 3 aromatic rings. The third kappa shape index (κ3) is 2.97. The number of nitrogens with zero attached hydrogens (tertiary/aromatic N) is 5. The summed E-state index contributed by atoms with van der Waals surface area (Å²) in [6.45, 7) is 4.11. The summed E-state index contributed by atoms with van der Waals surface area (Å²) in [7, 11) is 3.51. The molecule has 0 radical (unpaired) electrons. The summed E-state index contributed by atoms with van der Waals surface area (Å²) in [4.78, 5) is 9.30. The van der Waals surface area contributed by atoms with Crippen LogP contribution in [0.3, 0.4) is 0 Å². The van der Waals surface area contributed by atoms with Crippen molar-refractivity contribution in [2.45, 2.75) is 57.9 Å². The van der Waals surface area contributed by atoms with Gasteiger partial charge >= 0.3 is 0 Å². The molecule has 8 heteroatoms. The SMILES string of the molecule is COc1nn(C)c2nc(C)c(CCc3nc(C4(N)CCCC4)no3)c(C)c12. The van der Waals surface area contributed by atoms with Gasteiger partial charge in [0, 0.05) is 19.2 Å². The zero-order valence-electron chi connectivity index (χ0n) is 16.4. The predicted octanol–water partition coefficient (Wildman–Crippen LogP) is 2.49. The van der Waals surface area contributed by atoms with Crippen LogP contribution in [0.2, 0.25) is 0 Å². The van der Waals surface area contributed by atoms with Crippen LogP contribution in [0.5, 0.6) is 5.88 Å². The fourth-order valence-corrected chi connectivity index (χ4v) is 4.13. The number of pyridine rings is 1. The summed E-state index contributed by atoms with van der Waals surface area (Å²) in [6.07, 6.45) is 5.50. The molecule has 1 fully saturated rings. The van der Waals surface area contributed by atoms with Crippen LogP contribution in [0.1, 0.15) is 54.2 Å². The lowest BCUT2D eigenvalue weighted by Gasteiger charge is -2.17. The molecule has 1 aliphatic rings. The molecule has 0 amide bonds. The second kappa shape index (κ2) is 6.60. The number of ether oxygens (including phenoxy) is 1. The van der Waals surface area contributed by atoms with Gasteiger partial charge in [-0.3, -0.25) is 0 Å². The van der Waals surface area contributed by atoms with Crippen molar-refractivity contribution >= 4 is 11.0 Å². The van der Waals surface area contributed by atoms with Gasteiger partial charge in [-0.1, -0.05) is 18.0 Å². The average molecular weight is 370 g/mol. The van der Waals surface area contributed by atoms with Crippen LogP contribution in [0.15, 0.2) is 4.52 Å². The van der Waals surface area contributed by atoms with Crippen LogP contribution in [-0.4, -0.2) is 32.0 Å². The van der Waals surface area contributed by atoms with E-state index in [-0.39, 0.29) is 0 Å². The van der Waals surface area contributed by atoms with Crippen molar-refractivity contribution in [2.75, 3.05) is 7.11 Å². The zero-order valence-corrected chi connectivity index (χ0v) is 16.4. The fraction of sp³-hybridized carbons (Fsp3) is 0.579. The summed E-state index contributed by atoms with van der Waals surface area (Å²) in [5, 5.41) is 9.51. The van der Waals surface area contributed by atoms with E-state index in [1.54, 1.807) is 11.8 Å². The fourth-order valence-electron chi connectivity index (χ4n) is 4.13. The van der Waals surface area contributed by atoms with E-state index in [1.165, 1.54) is 0 Å². The molecule has 0 unspecified atom stereocenters. The number of aryl methyl sites for hydroxylation is 4. The topological polar surface area (TPSA) is 105 Å². The van der Waals surface area contributed by atoms with Crippen LogP contribution in [0.4, 0.5) is 0 Å². The number of methoxy groups -OCH3 is 1. The maximum absolute atomic E-state index is 6.43. The zero-order chi connectivity index (χ0) is 19.2. The minimum absolute atomic E-state index is 0.420. The largest absolute Gasteiger partial charge is 0.479 e. The Morgan fingerprint density at radius 3 is 2.63 bits per heavy atom. The third-order valence-electron chi connectivity index (χ3n) is 5.71. The van der Waals surface area contributed by atoms with E-state index in [4.69, 9.17) is 20.0 Å². The van der Waals surface area contributed by atoms with E-state index in [0.717, 1.165) is 60.0 Å². The Morgan fingerprint density at radius 2 is 1.93 bits per heavy atom. The molecule has 3 aromatic heterocycles. The van der Waals surface area contributed by atoms with Crippen LogP contribution in [0.25, 0.3) is 11.0 Å². The summed E-state index contributed by atoms with van der Waals surface area (Å²) in [6, 6.07) is 0. The molecule has 0 aromatic carbocycles. The van der Waals surface area contributed by atoms with Gasteiger partial charge in [0.15, 0.2) is 11.5 Å². The van der Waals surface area contributed by atoms with Crippen molar-refractivity contribution in [3.63, 3.8) is 0 Å². The molecule has 3 heterocycles. The minimum atomic E-state index is -0.420. The predicted molar refractivity (Wildman–Crippen MR) is 101 cm³/mol. The maximum atomic E-state index is 6.43. The second-order valence-electron chi connectivity index (χ2n) is 7.51. The molecule has 4 rings (SSSR count). The van der Waals surface area contributed by atoms with E-state index in [1.807, 2.05) is 14.0 Å². The van der Waals surface area contributed by atoms with Gasteiger partial charge in [0.2, 0.25) is 11.8 Å². The lowest BCUT2D eigenvalue weighted by Crippen LogP contribution is -2.34. The van der Waals surface area contributed by atoms with Gasteiger partial charge in [0.25, 0.3) is 0 Å². The molecular formula is C19H26N6O2. The van der Waals surface area contributed by atoms with Crippen molar-refractivity contribution in [2.24, 2.45) is 12.8 Å². The Bertz CT molecular complexity index is 984. The van der Waals surface area contributed by atoms with Crippen LogP contribution >= 0.6 is 0 Å². The number of nitrogens with two attached hydrogens (primary N) is 1. The molecule has 0 aliphatic heterocycles. The first-order valence-electron chi connectivity index (χ1n) is 9.41. The monoisotopic (exact) mass is 370 g/mol. The van der Waals surface area contributed by atoms with Gasteiger partial charge in [-0.05, 0) is 44.2 Å². The molecule has 27 heavy (non-hydrogen) atoms. The van der Waals surface area contributed by atoms with Gasteiger partial charge in [0.05, 0.1) is 18.0 Å². The molecule has 0 spiro atoms. The molecular weight excluding hydrogens is 344 g/mol. The normalized spacial score (nSPS) is 16.3. The molecule has 0 saturated heterocycles. The van der Waals surface area contributed by atoms with E-state index in [9.17, 15) is 0 Å². The highest BCUT2D eigenvalue weighted by atomic mass is 16.5. The van der Waals surface area contributed by atoms with Gasteiger partial charge in [-0.2, -0.15) is 4.98 Å². The Kier molecular flexibility index (Phi) is 4.38. The van der Waals surface area contributed by atoms with Crippen molar-refractivity contribution in [1.82, 2.24) is 24.9 Å². The van der Waals surface area contributed by atoms with Gasteiger partial charge in [-0.25, -0.2) is 9.67 Å². The number of rotatable bonds is 5. The highest BCUT2D eigenvalue weighted by molar-refractivity contribution is 5.86. The first kappa shape index (κ1) is 17.9. The molecule has 2 N–H and O–H groups in total. The highest BCUT2D eigenvalue weighted by Gasteiger charge is 2.35. The summed E-state index contributed by atoms with van der Waals surface area (Å²) < 4.78 is 12.7. The van der Waals surface area contributed by atoms with E-state index < -0.39 is 5.54 Å². The quantitative estimate of drug-likeness (QED) is 0.735. The lowest BCUT2D eigenvalue weighted by molar-refractivity contribution is 0.348. The highest BCUT2D eigenvalue weighted by Crippen LogP contribution is 2.35. The Balaban J connectivity index is 1.60. The van der Waals surface area contributed by atoms with Gasteiger partial charge in [0.1, 0.15) is 0 Å². The smallest absolute Gasteiger partial charge is 0.242 e. The van der Waals surface area contributed by atoms with Crippen LogP contribution in [-0.2, 0) is 25.4 Å². The Labute approximate surface area is 158 Å². The van der Waals surface area contributed by atoms with Crippen molar-refractivity contribution in [1.29, 1.82) is 0 Å². The standard InChI is InChI=1S/C19H26N6O2/c1-11-13(12(2)21-16-15(11)17(26-4)23-25(16)3)7-8-14-22-18(24-27-14)19(20)9-5-6-10-19/h5-10,20H2,1-4H3. The molecule has 1 saturated carbocycles. The number of fused-ring (bicyclic) bond motifs is 1. The molecule has 144 valence electrons. The van der Waals surface area contributed by atoms with Crippen LogP contribution in [0, 0.1) is 13.8 Å². The molecule has 1 aliphatic carbocycles. The van der Waals surface area contributed by atoms with Crippen molar-refractivity contribution < 1.29 is 9.26 Å². The summed E-state index contributed by atoms with van der Waals surface area (Å²) >= 11 is 0. The number of hydrogen-bond acceptors (Lipinski definition) is 7. The Morgan fingerprint density at radius 1 is 1.19 bits per heavy atom. The molecule has 0 atom stereocenters. The molecule has 0 bridgehead atoms. The Hall–Kier alpha value is -2.48.